The molecule has 1 fully saturated rings. The van der Waals surface area contributed by atoms with Gasteiger partial charge >= 0.3 is 0 Å². The van der Waals surface area contributed by atoms with Gasteiger partial charge in [-0.05, 0) is 25.0 Å². The zero-order chi connectivity index (χ0) is 13.2. The maximum absolute atomic E-state index is 13.8. The van der Waals surface area contributed by atoms with Crippen molar-refractivity contribution in [2.24, 2.45) is 5.41 Å². The summed E-state index contributed by atoms with van der Waals surface area (Å²) in [7, 11) is 0. The minimum Gasteiger partial charge on any atom is -0.387 e. The molecule has 96 valence electrons. The van der Waals surface area contributed by atoms with Gasteiger partial charge in [0.15, 0.2) is 0 Å². The van der Waals surface area contributed by atoms with E-state index in [1.165, 1.54) is 18.2 Å². The van der Waals surface area contributed by atoms with E-state index in [1.54, 1.807) is 0 Å². The van der Waals surface area contributed by atoms with Crippen molar-refractivity contribution in [2.75, 3.05) is 0 Å². The van der Waals surface area contributed by atoms with Gasteiger partial charge in [0.2, 0.25) is 0 Å². The maximum Gasteiger partial charge on any atom is 0.130 e. The molecule has 1 aromatic rings. The third-order valence-corrected chi connectivity index (χ3v) is 4.09. The Morgan fingerprint density at radius 1 is 1.33 bits per heavy atom. The van der Waals surface area contributed by atoms with Gasteiger partial charge in [-0.25, -0.2) is 4.39 Å². The molecular formula is C14H15ClFNO. The molecule has 1 atom stereocenters. The summed E-state index contributed by atoms with van der Waals surface area (Å²) in [6, 6.07) is 6.49. The monoisotopic (exact) mass is 267 g/mol. The van der Waals surface area contributed by atoms with Crippen LogP contribution in [0, 0.1) is 22.6 Å². The van der Waals surface area contributed by atoms with E-state index in [1.807, 2.05) is 0 Å². The molecule has 0 radical (unpaired) electrons. The number of nitrogens with zero attached hydrogens (tertiary/aromatic N) is 1. The van der Waals surface area contributed by atoms with Crippen LogP contribution in [0.1, 0.15) is 43.8 Å². The summed E-state index contributed by atoms with van der Waals surface area (Å²) in [6.45, 7) is 0. The van der Waals surface area contributed by atoms with Crippen LogP contribution >= 0.6 is 11.6 Å². The SMILES string of the molecule is N#CC1(C(O)c2c(F)cccc2Cl)CCCCC1. The highest BCUT2D eigenvalue weighted by molar-refractivity contribution is 6.31. The number of hydrogen-bond donors (Lipinski definition) is 1. The second kappa shape index (κ2) is 5.26. The highest BCUT2D eigenvalue weighted by atomic mass is 35.5. The molecule has 4 heteroatoms. The molecule has 1 saturated carbocycles. The predicted molar refractivity (Wildman–Crippen MR) is 67.5 cm³/mol. The van der Waals surface area contributed by atoms with Crippen LogP contribution in [0.3, 0.4) is 0 Å². The van der Waals surface area contributed by atoms with Crippen molar-refractivity contribution in [3.8, 4) is 6.07 Å². The van der Waals surface area contributed by atoms with Gasteiger partial charge in [0.05, 0.1) is 11.5 Å². The molecule has 0 spiro atoms. The second-order valence-corrected chi connectivity index (χ2v) is 5.27. The first-order chi connectivity index (χ1) is 8.60. The summed E-state index contributed by atoms with van der Waals surface area (Å²) in [5.41, 5.74) is -0.841. The first kappa shape index (κ1) is 13.3. The summed E-state index contributed by atoms with van der Waals surface area (Å²) in [4.78, 5) is 0. The van der Waals surface area contributed by atoms with Crippen molar-refractivity contribution in [3.05, 3.63) is 34.6 Å². The Labute approximate surface area is 111 Å². The molecule has 1 aliphatic rings. The van der Waals surface area contributed by atoms with E-state index in [9.17, 15) is 14.8 Å². The molecule has 0 aliphatic heterocycles. The van der Waals surface area contributed by atoms with Gasteiger partial charge in [-0.15, -0.1) is 0 Å². The van der Waals surface area contributed by atoms with Crippen molar-refractivity contribution >= 4 is 11.6 Å². The van der Waals surface area contributed by atoms with Crippen LogP contribution in [0.4, 0.5) is 4.39 Å². The molecule has 1 unspecified atom stereocenters. The van der Waals surface area contributed by atoms with Crippen LogP contribution in [0.15, 0.2) is 18.2 Å². The lowest BCUT2D eigenvalue weighted by molar-refractivity contribution is 0.0334. The van der Waals surface area contributed by atoms with Crippen molar-refractivity contribution in [2.45, 2.75) is 38.2 Å². The van der Waals surface area contributed by atoms with E-state index < -0.39 is 17.3 Å². The van der Waals surface area contributed by atoms with Gasteiger partial charge in [-0.1, -0.05) is 36.9 Å². The summed E-state index contributed by atoms with van der Waals surface area (Å²) in [6.07, 6.45) is 2.86. The average molecular weight is 268 g/mol. The van der Waals surface area contributed by atoms with Crippen LogP contribution in [0.25, 0.3) is 0 Å². The van der Waals surface area contributed by atoms with Gasteiger partial charge in [0.1, 0.15) is 11.9 Å². The number of nitriles is 1. The summed E-state index contributed by atoms with van der Waals surface area (Å²) < 4.78 is 13.8. The smallest absolute Gasteiger partial charge is 0.130 e. The molecular weight excluding hydrogens is 253 g/mol. The minimum absolute atomic E-state index is 0.0580. The second-order valence-electron chi connectivity index (χ2n) is 4.87. The molecule has 0 aromatic heterocycles. The van der Waals surface area contributed by atoms with Gasteiger partial charge in [0, 0.05) is 10.6 Å². The van der Waals surface area contributed by atoms with Gasteiger partial charge < -0.3 is 5.11 Å². The van der Waals surface area contributed by atoms with Gasteiger partial charge in [0.25, 0.3) is 0 Å². The molecule has 1 aliphatic carbocycles. The normalized spacial score (nSPS) is 20.1. The lowest BCUT2D eigenvalue weighted by atomic mass is 9.69. The fourth-order valence-electron chi connectivity index (χ4n) is 2.68. The van der Waals surface area contributed by atoms with E-state index in [-0.39, 0.29) is 10.6 Å². The highest BCUT2D eigenvalue weighted by Gasteiger charge is 2.42. The predicted octanol–water partition coefficient (Wildman–Crippen LogP) is 3.99. The lowest BCUT2D eigenvalue weighted by Crippen LogP contribution is -2.30. The molecule has 2 rings (SSSR count). The Kier molecular flexibility index (Phi) is 3.89. The summed E-state index contributed by atoms with van der Waals surface area (Å²) in [5, 5.41) is 20.0. The first-order valence-electron chi connectivity index (χ1n) is 6.14. The van der Waals surface area contributed by atoms with Crippen LogP contribution in [-0.2, 0) is 0 Å². The van der Waals surface area contributed by atoms with Crippen LogP contribution in [0.5, 0.6) is 0 Å². The van der Waals surface area contributed by atoms with Crippen molar-refractivity contribution < 1.29 is 9.50 Å². The molecule has 0 saturated heterocycles. The zero-order valence-electron chi connectivity index (χ0n) is 10.00. The van der Waals surface area contributed by atoms with E-state index in [2.05, 4.69) is 6.07 Å². The Balaban J connectivity index is 2.41. The molecule has 0 bridgehead atoms. The van der Waals surface area contributed by atoms with E-state index in [4.69, 9.17) is 11.6 Å². The quantitative estimate of drug-likeness (QED) is 0.881. The maximum atomic E-state index is 13.8. The van der Waals surface area contributed by atoms with E-state index >= 15 is 0 Å². The summed E-state index contributed by atoms with van der Waals surface area (Å²) in [5.74, 6) is -0.546. The van der Waals surface area contributed by atoms with Crippen molar-refractivity contribution in [3.63, 3.8) is 0 Å². The Bertz CT molecular complexity index is 457. The van der Waals surface area contributed by atoms with Gasteiger partial charge in [-0.2, -0.15) is 5.26 Å². The zero-order valence-corrected chi connectivity index (χ0v) is 10.8. The first-order valence-corrected chi connectivity index (χ1v) is 6.52. The third kappa shape index (κ3) is 2.23. The van der Waals surface area contributed by atoms with Crippen LogP contribution in [-0.4, -0.2) is 5.11 Å². The third-order valence-electron chi connectivity index (χ3n) is 3.77. The van der Waals surface area contributed by atoms with Crippen LogP contribution in [0.2, 0.25) is 5.02 Å². The standard InChI is InChI=1S/C14H15ClFNO/c15-10-5-4-6-11(16)12(10)13(18)14(9-17)7-2-1-3-8-14/h4-6,13,18H,1-3,7-8H2. The number of aliphatic hydroxyl groups excluding tert-OH is 1. The van der Waals surface area contributed by atoms with Crippen molar-refractivity contribution in [1.29, 1.82) is 5.26 Å². The van der Waals surface area contributed by atoms with Crippen LogP contribution < -0.4 is 0 Å². The molecule has 18 heavy (non-hydrogen) atoms. The van der Waals surface area contributed by atoms with E-state index in [0.717, 1.165) is 19.3 Å². The topological polar surface area (TPSA) is 44.0 Å². The molecule has 2 nitrogen and oxygen atoms in total. The molecule has 1 N–H and O–H groups in total. The minimum atomic E-state index is -1.16. The van der Waals surface area contributed by atoms with E-state index in [0.29, 0.717) is 12.8 Å². The van der Waals surface area contributed by atoms with Gasteiger partial charge in [-0.3, -0.25) is 0 Å². The molecule has 1 aromatic carbocycles. The average Bonchev–Trinajstić information content (AvgIpc) is 2.39. The highest BCUT2D eigenvalue weighted by Crippen LogP contribution is 2.47. The Morgan fingerprint density at radius 2 is 2.00 bits per heavy atom. The largest absolute Gasteiger partial charge is 0.387 e. The number of rotatable bonds is 2. The Morgan fingerprint density at radius 3 is 2.56 bits per heavy atom. The molecule has 0 amide bonds. The lowest BCUT2D eigenvalue weighted by Gasteiger charge is -2.35. The number of hydrogen-bond acceptors (Lipinski definition) is 2. The number of benzene rings is 1. The Hall–Kier alpha value is -1.11. The number of aliphatic hydroxyl groups is 1. The fourth-order valence-corrected chi connectivity index (χ4v) is 2.94. The van der Waals surface area contributed by atoms with Crippen molar-refractivity contribution in [1.82, 2.24) is 0 Å². The molecule has 0 heterocycles. The summed E-state index contributed by atoms with van der Waals surface area (Å²) >= 11 is 5.95. The fraction of sp³-hybridized carbons (Fsp3) is 0.500. The number of halogens is 2.